The van der Waals surface area contributed by atoms with Crippen LogP contribution >= 0.6 is 0 Å². The Balaban J connectivity index is 1.36. The van der Waals surface area contributed by atoms with Gasteiger partial charge < -0.3 is 5.32 Å². The van der Waals surface area contributed by atoms with Crippen molar-refractivity contribution < 1.29 is 13.2 Å². The number of hydrogen-bond acceptors (Lipinski definition) is 3. The predicted molar refractivity (Wildman–Crippen MR) is 117 cm³/mol. The zero-order valence-electron chi connectivity index (χ0n) is 16.4. The van der Waals surface area contributed by atoms with Gasteiger partial charge in [0.15, 0.2) is 0 Å². The molecule has 0 aromatic heterocycles. The summed E-state index contributed by atoms with van der Waals surface area (Å²) in [5, 5.41) is 2.95. The van der Waals surface area contributed by atoms with Gasteiger partial charge in [-0.1, -0.05) is 48.5 Å². The minimum Gasteiger partial charge on any atom is -0.325 e. The molecular formula is C24H22N2O3S. The number of carbonyl (C=O) groups excluding carboxylic acids is 1. The van der Waals surface area contributed by atoms with E-state index in [1.54, 1.807) is 30.3 Å². The summed E-state index contributed by atoms with van der Waals surface area (Å²) in [7, 11) is -3.70. The molecular weight excluding hydrogens is 396 g/mol. The van der Waals surface area contributed by atoms with Gasteiger partial charge in [-0.25, -0.2) is 8.42 Å². The fourth-order valence-corrected chi connectivity index (χ4v) is 6.14. The Bertz CT molecular complexity index is 1220. The third-order valence-electron chi connectivity index (χ3n) is 5.92. The predicted octanol–water partition coefficient (Wildman–Crippen LogP) is 4.05. The number of anilines is 1. The van der Waals surface area contributed by atoms with E-state index in [-0.39, 0.29) is 10.8 Å². The van der Waals surface area contributed by atoms with Crippen LogP contribution in [0.15, 0.2) is 77.7 Å². The molecule has 0 spiro atoms. The van der Waals surface area contributed by atoms with E-state index in [9.17, 15) is 13.2 Å². The van der Waals surface area contributed by atoms with Crippen molar-refractivity contribution in [2.75, 3.05) is 11.9 Å². The van der Waals surface area contributed by atoms with E-state index < -0.39 is 16.1 Å². The highest BCUT2D eigenvalue weighted by Crippen LogP contribution is 2.37. The summed E-state index contributed by atoms with van der Waals surface area (Å²) in [5.41, 5.74) is 5.59. The Labute approximate surface area is 176 Å². The van der Waals surface area contributed by atoms with Crippen molar-refractivity contribution in [1.82, 2.24) is 4.31 Å². The lowest BCUT2D eigenvalue weighted by molar-refractivity contribution is -0.119. The lowest BCUT2D eigenvalue weighted by Crippen LogP contribution is -2.43. The second-order valence-corrected chi connectivity index (χ2v) is 9.67. The van der Waals surface area contributed by atoms with Gasteiger partial charge >= 0.3 is 0 Å². The lowest BCUT2D eigenvalue weighted by atomic mass is 10.1. The summed E-state index contributed by atoms with van der Waals surface area (Å²) in [4.78, 5) is 13.2. The van der Waals surface area contributed by atoms with Crippen LogP contribution in [0.2, 0.25) is 0 Å². The Hall–Kier alpha value is -2.96. The first-order valence-electron chi connectivity index (χ1n) is 10.1. The van der Waals surface area contributed by atoms with Gasteiger partial charge in [0.1, 0.15) is 6.04 Å². The van der Waals surface area contributed by atoms with E-state index in [1.165, 1.54) is 26.6 Å². The number of amides is 1. The van der Waals surface area contributed by atoms with Crippen molar-refractivity contribution >= 4 is 21.6 Å². The minimum absolute atomic E-state index is 0.222. The van der Waals surface area contributed by atoms with E-state index in [0.717, 1.165) is 6.42 Å². The van der Waals surface area contributed by atoms with Crippen LogP contribution in [0.1, 0.15) is 24.0 Å². The van der Waals surface area contributed by atoms with E-state index in [4.69, 9.17) is 0 Å². The van der Waals surface area contributed by atoms with Gasteiger partial charge in [0, 0.05) is 12.2 Å². The number of benzene rings is 3. The van der Waals surface area contributed by atoms with Crippen molar-refractivity contribution in [2.24, 2.45) is 0 Å². The maximum absolute atomic E-state index is 13.0. The third-order valence-corrected chi connectivity index (χ3v) is 7.84. The number of nitrogens with one attached hydrogen (secondary N) is 1. The normalized spacial score (nSPS) is 18.1. The number of carbonyl (C=O) groups is 1. The lowest BCUT2D eigenvalue weighted by Gasteiger charge is -2.23. The summed E-state index contributed by atoms with van der Waals surface area (Å²) >= 11 is 0. The summed E-state index contributed by atoms with van der Waals surface area (Å²) in [5.74, 6) is -0.275. The molecule has 0 radical (unpaired) electrons. The van der Waals surface area contributed by atoms with Gasteiger partial charge in [0.05, 0.1) is 4.90 Å². The summed E-state index contributed by atoms with van der Waals surface area (Å²) in [6.45, 7) is 0.356. The van der Waals surface area contributed by atoms with Gasteiger partial charge in [-0.2, -0.15) is 4.31 Å². The molecule has 30 heavy (non-hydrogen) atoms. The topological polar surface area (TPSA) is 66.5 Å². The highest BCUT2D eigenvalue weighted by atomic mass is 32.2. The van der Waals surface area contributed by atoms with Gasteiger partial charge in [-0.05, 0) is 65.8 Å². The van der Waals surface area contributed by atoms with Gasteiger partial charge in [0.25, 0.3) is 0 Å². The number of fused-ring (bicyclic) bond motifs is 3. The minimum atomic E-state index is -3.70. The molecule has 1 heterocycles. The average Bonchev–Trinajstić information content (AvgIpc) is 3.39. The van der Waals surface area contributed by atoms with Crippen LogP contribution in [0, 0.1) is 0 Å². The fraction of sp³-hybridized carbons (Fsp3) is 0.208. The molecule has 1 atom stereocenters. The third kappa shape index (κ3) is 3.22. The first-order chi connectivity index (χ1) is 14.5. The molecule has 3 aromatic rings. The maximum atomic E-state index is 13.0. The number of hydrogen-bond donors (Lipinski definition) is 1. The summed E-state index contributed by atoms with van der Waals surface area (Å²) < 4.78 is 27.4. The maximum Gasteiger partial charge on any atom is 0.243 e. The van der Waals surface area contributed by atoms with Gasteiger partial charge in [0.2, 0.25) is 15.9 Å². The second-order valence-electron chi connectivity index (χ2n) is 7.78. The Morgan fingerprint density at radius 2 is 1.63 bits per heavy atom. The first kappa shape index (κ1) is 19.0. The van der Waals surface area contributed by atoms with Crippen molar-refractivity contribution in [3.63, 3.8) is 0 Å². The zero-order chi connectivity index (χ0) is 20.7. The molecule has 1 amide bonds. The SMILES string of the molecule is O=C(Nc1ccc2c(c1)Cc1ccccc1-2)[C@@H]1CCCN1S(=O)(=O)c1ccccc1. The van der Waals surface area contributed by atoms with Crippen LogP contribution in [-0.4, -0.2) is 31.2 Å². The molecule has 3 aromatic carbocycles. The van der Waals surface area contributed by atoms with Crippen LogP contribution in [-0.2, 0) is 21.2 Å². The fourth-order valence-electron chi connectivity index (χ4n) is 4.47. The molecule has 0 bridgehead atoms. The van der Waals surface area contributed by atoms with E-state index in [0.29, 0.717) is 25.1 Å². The van der Waals surface area contributed by atoms with Crippen LogP contribution in [0.3, 0.4) is 0 Å². The molecule has 5 rings (SSSR count). The molecule has 6 heteroatoms. The molecule has 0 unspecified atom stereocenters. The quantitative estimate of drug-likeness (QED) is 0.544. The van der Waals surface area contributed by atoms with E-state index in [1.807, 2.05) is 30.3 Å². The molecule has 2 aliphatic rings. The molecule has 152 valence electrons. The molecule has 1 saturated heterocycles. The van der Waals surface area contributed by atoms with Crippen LogP contribution in [0.5, 0.6) is 0 Å². The van der Waals surface area contributed by atoms with Crippen LogP contribution in [0.4, 0.5) is 5.69 Å². The van der Waals surface area contributed by atoms with Crippen molar-refractivity contribution in [1.29, 1.82) is 0 Å². The molecule has 1 aliphatic heterocycles. The largest absolute Gasteiger partial charge is 0.325 e. The van der Waals surface area contributed by atoms with Gasteiger partial charge in [-0.15, -0.1) is 0 Å². The van der Waals surface area contributed by atoms with E-state index in [2.05, 4.69) is 17.4 Å². The Kier molecular flexibility index (Phi) is 4.68. The summed E-state index contributed by atoms with van der Waals surface area (Å²) in [6.07, 6.45) is 2.03. The van der Waals surface area contributed by atoms with Crippen LogP contribution in [0.25, 0.3) is 11.1 Å². The zero-order valence-corrected chi connectivity index (χ0v) is 17.2. The second kappa shape index (κ2) is 7.38. The van der Waals surface area contributed by atoms with Crippen LogP contribution < -0.4 is 5.32 Å². The Morgan fingerprint density at radius 1 is 0.900 bits per heavy atom. The molecule has 1 fully saturated rings. The highest BCUT2D eigenvalue weighted by molar-refractivity contribution is 7.89. The number of nitrogens with zero attached hydrogens (tertiary/aromatic N) is 1. The Morgan fingerprint density at radius 3 is 2.47 bits per heavy atom. The number of sulfonamides is 1. The summed E-state index contributed by atoms with van der Waals surface area (Å²) in [6, 6.07) is 21.8. The monoisotopic (exact) mass is 418 g/mol. The van der Waals surface area contributed by atoms with Gasteiger partial charge in [-0.3, -0.25) is 4.79 Å². The van der Waals surface area contributed by atoms with Crippen molar-refractivity contribution in [3.8, 4) is 11.1 Å². The first-order valence-corrected chi connectivity index (χ1v) is 11.6. The van der Waals surface area contributed by atoms with Crippen molar-refractivity contribution in [3.05, 3.63) is 83.9 Å². The average molecular weight is 419 g/mol. The number of rotatable bonds is 4. The highest BCUT2D eigenvalue weighted by Gasteiger charge is 2.39. The smallest absolute Gasteiger partial charge is 0.243 e. The standard InChI is InChI=1S/C24H22N2O3S/c27-24(23-11-6-14-26(23)30(28,29)20-8-2-1-3-9-20)25-19-12-13-22-18(16-19)15-17-7-4-5-10-21(17)22/h1-5,7-10,12-13,16,23H,6,11,14-15H2,(H,25,27)/t23-/m0/s1. The molecule has 1 N–H and O–H groups in total. The van der Waals surface area contributed by atoms with Crippen molar-refractivity contribution in [2.45, 2.75) is 30.2 Å². The molecule has 1 aliphatic carbocycles. The van der Waals surface area contributed by atoms with E-state index >= 15 is 0 Å². The molecule has 0 saturated carbocycles. The molecule has 5 nitrogen and oxygen atoms in total.